The number of esters is 2. The first-order valence-corrected chi connectivity index (χ1v) is 24.3. The average Bonchev–Trinajstić information content (AvgIpc) is 3.27. The van der Waals surface area contributed by atoms with Crippen molar-refractivity contribution in [1.29, 1.82) is 0 Å². The van der Waals surface area contributed by atoms with Crippen LogP contribution in [0.1, 0.15) is 142 Å². The summed E-state index contributed by atoms with van der Waals surface area (Å²) in [6, 6.07) is 0. The molecule has 0 heterocycles. The minimum absolute atomic E-state index is 0.165. The maximum Gasteiger partial charge on any atom is 0.361 e. The lowest BCUT2D eigenvalue weighted by atomic mass is 10.1. The minimum atomic E-state index is -1.54. The molecule has 0 spiro atoms. The van der Waals surface area contributed by atoms with Gasteiger partial charge < -0.3 is 28.5 Å². The van der Waals surface area contributed by atoms with Gasteiger partial charge in [0.2, 0.25) is 0 Å². The molecule has 9 heteroatoms. The van der Waals surface area contributed by atoms with Crippen molar-refractivity contribution >= 4 is 17.9 Å². The molecule has 364 valence electrons. The van der Waals surface area contributed by atoms with Gasteiger partial charge in [-0.25, -0.2) is 4.79 Å². The molecule has 0 fully saturated rings. The summed E-state index contributed by atoms with van der Waals surface area (Å²) >= 11 is 0. The van der Waals surface area contributed by atoms with E-state index in [1.54, 1.807) is 0 Å². The van der Waals surface area contributed by atoms with Gasteiger partial charge in [-0.15, -0.1) is 0 Å². The minimum Gasteiger partial charge on any atom is -0.477 e. The molecular formula is C56H88NO8+. The fraction of sp³-hybridized carbons (Fsp3) is 0.554. The Bertz CT molecular complexity index is 1520. The van der Waals surface area contributed by atoms with E-state index in [1.807, 2.05) is 21.1 Å². The number of carboxylic acids is 1. The summed E-state index contributed by atoms with van der Waals surface area (Å²) in [6.07, 6.45) is 62.4. The van der Waals surface area contributed by atoms with Crippen LogP contribution in [0.5, 0.6) is 0 Å². The summed E-state index contributed by atoms with van der Waals surface area (Å²) in [5, 5.41) is 9.65. The Balaban J connectivity index is 4.53. The predicted molar refractivity (Wildman–Crippen MR) is 271 cm³/mol. The molecule has 2 atom stereocenters. The molecular weight excluding hydrogens is 815 g/mol. The van der Waals surface area contributed by atoms with Crippen LogP contribution < -0.4 is 0 Å². The number of hydrogen-bond donors (Lipinski definition) is 1. The molecule has 0 amide bonds. The van der Waals surface area contributed by atoms with Gasteiger partial charge in [-0.1, -0.05) is 154 Å². The summed E-state index contributed by atoms with van der Waals surface area (Å²) in [4.78, 5) is 37.2. The largest absolute Gasteiger partial charge is 0.477 e. The SMILES string of the molecule is CC/C=C\C/C=C\C/C=C\C/C=C\C/C=C\C/C=C\C/C=C\CCCCCC(=O)OC(COC(=O)CCCC/C=C\C/C=C\C/C=C\C/C=C\CC)COC(OCC[N+](C)(C)C)C(=O)O. The van der Waals surface area contributed by atoms with Crippen molar-refractivity contribution in [3.63, 3.8) is 0 Å². The molecule has 65 heavy (non-hydrogen) atoms. The van der Waals surface area contributed by atoms with Gasteiger partial charge in [0.15, 0.2) is 6.10 Å². The van der Waals surface area contributed by atoms with Gasteiger partial charge in [-0.3, -0.25) is 9.59 Å². The van der Waals surface area contributed by atoms with Gasteiger partial charge in [0, 0.05) is 12.8 Å². The maximum absolute atomic E-state index is 12.8. The molecule has 9 nitrogen and oxygen atoms in total. The summed E-state index contributed by atoms with van der Waals surface area (Å²) in [5.41, 5.74) is 0. The quantitative estimate of drug-likeness (QED) is 0.0212. The monoisotopic (exact) mass is 903 g/mol. The van der Waals surface area contributed by atoms with Crippen LogP contribution in [0.3, 0.4) is 0 Å². The number of likely N-dealkylation sites (N-methyl/N-ethyl adjacent to an activating group) is 1. The highest BCUT2D eigenvalue weighted by Crippen LogP contribution is 2.10. The lowest BCUT2D eigenvalue weighted by molar-refractivity contribution is -0.870. The number of ether oxygens (including phenoxy) is 4. The number of allylic oxidation sites excluding steroid dienone is 22. The van der Waals surface area contributed by atoms with Crippen LogP contribution in [0.15, 0.2) is 134 Å². The van der Waals surface area contributed by atoms with E-state index in [4.69, 9.17) is 18.9 Å². The Hall–Kier alpha value is -4.57. The molecule has 1 N–H and O–H groups in total. The van der Waals surface area contributed by atoms with Crippen molar-refractivity contribution in [2.45, 2.75) is 155 Å². The molecule has 0 radical (unpaired) electrons. The van der Waals surface area contributed by atoms with Crippen LogP contribution >= 0.6 is 0 Å². The van der Waals surface area contributed by atoms with Crippen molar-refractivity contribution in [3.8, 4) is 0 Å². The van der Waals surface area contributed by atoms with Gasteiger partial charge in [0.1, 0.15) is 13.2 Å². The lowest BCUT2D eigenvalue weighted by Gasteiger charge is -2.25. The Morgan fingerprint density at radius 2 is 0.831 bits per heavy atom. The average molecular weight is 903 g/mol. The number of rotatable bonds is 42. The van der Waals surface area contributed by atoms with E-state index < -0.39 is 30.3 Å². The molecule has 0 saturated carbocycles. The molecule has 0 aromatic heterocycles. The third-order valence-electron chi connectivity index (χ3n) is 9.40. The molecule has 0 aliphatic rings. The first-order valence-electron chi connectivity index (χ1n) is 24.3. The molecule has 2 unspecified atom stereocenters. The molecule has 0 rings (SSSR count). The van der Waals surface area contributed by atoms with Crippen LogP contribution in [0.4, 0.5) is 0 Å². The van der Waals surface area contributed by atoms with Gasteiger partial charge in [-0.2, -0.15) is 0 Å². The number of unbranched alkanes of at least 4 members (excludes halogenated alkanes) is 5. The third kappa shape index (κ3) is 47.2. The summed E-state index contributed by atoms with van der Waals surface area (Å²) < 4.78 is 22.7. The van der Waals surface area contributed by atoms with Gasteiger partial charge in [0.05, 0.1) is 34.4 Å². The van der Waals surface area contributed by atoms with Gasteiger partial charge >= 0.3 is 17.9 Å². The number of nitrogens with zero attached hydrogens (tertiary/aromatic N) is 1. The second kappa shape index (κ2) is 46.0. The predicted octanol–water partition coefficient (Wildman–Crippen LogP) is 13.6. The zero-order valence-electron chi connectivity index (χ0n) is 41.1. The zero-order chi connectivity index (χ0) is 47.7. The highest BCUT2D eigenvalue weighted by molar-refractivity contribution is 5.71. The van der Waals surface area contributed by atoms with E-state index in [-0.39, 0.29) is 32.7 Å². The van der Waals surface area contributed by atoms with Crippen LogP contribution in [0.2, 0.25) is 0 Å². The Morgan fingerprint density at radius 3 is 1.23 bits per heavy atom. The van der Waals surface area contributed by atoms with E-state index in [9.17, 15) is 19.5 Å². The lowest BCUT2D eigenvalue weighted by Crippen LogP contribution is -2.40. The van der Waals surface area contributed by atoms with Crippen LogP contribution in [-0.2, 0) is 33.3 Å². The summed E-state index contributed by atoms with van der Waals surface area (Å²) in [5.74, 6) is -2.13. The first kappa shape index (κ1) is 60.4. The second-order valence-corrected chi connectivity index (χ2v) is 16.7. The number of carbonyl (C=O) groups excluding carboxylic acids is 2. The van der Waals surface area contributed by atoms with E-state index in [0.717, 1.165) is 103 Å². The van der Waals surface area contributed by atoms with Crippen molar-refractivity contribution in [2.75, 3.05) is 47.5 Å². The van der Waals surface area contributed by atoms with Crippen LogP contribution in [-0.4, -0.2) is 87.4 Å². The van der Waals surface area contributed by atoms with Crippen LogP contribution in [0.25, 0.3) is 0 Å². The molecule has 0 saturated heterocycles. The van der Waals surface area contributed by atoms with Crippen molar-refractivity contribution in [3.05, 3.63) is 134 Å². The highest BCUT2D eigenvalue weighted by Gasteiger charge is 2.25. The standard InChI is InChI=1S/C56H87NO8/c1-6-8-10-12-14-16-18-20-22-23-24-25-26-27-28-29-30-31-33-35-37-39-41-43-45-47-54(59)65-52(51-64-56(55(60)61)62-49-48-57(3,4)5)50-63-53(58)46-44-42-40-38-36-34-32-21-19-17-15-13-11-9-7-2/h8-11,14-17,20-22,24-25,27-28,30-32,35-38,52,56H,6-7,12-13,18-19,23,26,29,33-34,39-51H2,1-5H3/p+1/b10-8-,11-9-,16-14-,17-15-,22-20-,25-24-,28-27-,31-30-,32-21-,37-35-,38-36-. The highest BCUT2D eigenvalue weighted by atomic mass is 16.7. The van der Waals surface area contributed by atoms with Crippen LogP contribution in [0, 0.1) is 0 Å². The fourth-order valence-electron chi connectivity index (χ4n) is 5.69. The van der Waals surface area contributed by atoms with Crippen molar-refractivity contribution < 1.29 is 42.9 Å². The number of aliphatic carboxylic acids is 1. The fourth-order valence-corrected chi connectivity index (χ4v) is 5.69. The number of quaternary nitrogens is 1. The third-order valence-corrected chi connectivity index (χ3v) is 9.40. The smallest absolute Gasteiger partial charge is 0.361 e. The maximum atomic E-state index is 12.8. The first-order chi connectivity index (χ1) is 31.6. The van der Waals surface area contributed by atoms with Gasteiger partial charge in [-0.05, 0) is 109 Å². The normalized spacial score (nSPS) is 14.0. The van der Waals surface area contributed by atoms with Crippen molar-refractivity contribution in [1.82, 2.24) is 0 Å². The number of carbonyl (C=O) groups is 3. The van der Waals surface area contributed by atoms with E-state index >= 15 is 0 Å². The molecule has 0 aromatic carbocycles. The van der Waals surface area contributed by atoms with E-state index in [0.29, 0.717) is 23.9 Å². The van der Waals surface area contributed by atoms with Crippen molar-refractivity contribution in [2.24, 2.45) is 0 Å². The van der Waals surface area contributed by atoms with E-state index in [1.165, 1.54) is 0 Å². The number of hydrogen-bond acceptors (Lipinski definition) is 7. The molecule has 0 aliphatic heterocycles. The second-order valence-electron chi connectivity index (χ2n) is 16.7. The summed E-state index contributed by atoms with van der Waals surface area (Å²) in [6.45, 7) is 4.51. The molecule has 0 aromatic rings. The van der Waals surface area contributed by atoms with Gasteiger partial charge in [0.25, 0.3) is 6.29 Å². The summed E-state index contributed by atoms with van der Waals surface area (Å²) in [7, 11) is 5.92. The zero-order valence-corrected chi connectivity index (χ0v) is 41.1. The topological polar surface area (TPSA) is 108 Å². The Labute approximate surface area is 395 Å². The Morgan fingerprint density at radius 1 is 0.462 bits per heavy atom. The Kier molecular flexibility index (Phi) is 42.7. The molecule has 0 aliphatic carbocycles. The molecule has 0 bridgehead atoms. The van der Waals surface area contributed by atoms with E-state index in [2.05, 4.69) is 148 Å². The number of carboxylic acid groups (broad SMARTS) is 1.